The minimum atomic E-state index is -0.486. The molecule has 0 spiro atoms. The summed E-state index contributed by atoms with van der Waals surface area (Å²) in [4.78, 5) is 25.3. The Kier molecular flexibility index (Phi) is 5.78. The van der Waals surface area contributed by atoms with Gasteiger partial charge in [0.15, 0.2) is 0 Å². The van der Waals surface area contributed by atoms with Crippen LogP contribution in [0.15, 0.2) is 60.7 Å². The van der Waals surface area contributed by atoms with Gasteiger partial charge in [-0.15, -0.1) is 0 Å². The fraction of sp³-hybridized carbons (Fsp3) is 0.379. The smallest absolute Gasteiger partial charge is 0.305 e. The first-order valence-electron chi connectivity index (χ1n) is 12.3. The second kappa shape index (κ2) is 9.10. The Morgan fingerprint density at radius 3 is 1.89 bits per heavy atom. The number of rotatable bonds is 10. The van der Waals surface area contributed by atoms with Crippen LogP contribution in [0.5, 0.6) is 0 Å². The van der Waals surface area contributed by atoms with E-state index in [1.807, 2.05) is 24.3 Å². The molecule has 2 heterocycles. The van der Waals surface area contributed by atoms with Gasteiger partial charge in [0.1, 0.15) is 25.4 Å². The quantitative estimate of drug-likeness (QED) is 0.318. The highest BCUT2D eigenvalue weighted by Gasteiger charge is 2.43. The second-order valence-electron chi connectivity index (χ2n) is 9.65. The molecule has 2 fully saturated rings. The molecule has 0 saturated carbocycles. The molecule has 0 radical (unpaired) electrons. The topological polar surface area (TPSA) is 77.7 Å². The Morgan fingerprint density at radius 1 is 0.743 bits per heavy atom. The van der Waals surface area contributed by atoms with Gasteiger partial charge in [-0.2, -0.15) is 0 Å². The molecule has 6 nitrogen and oxygen atoms in total. The first kappa shape index (κ1) is 22.3. The molecule has 2 aliphatic heterocycles. The predicted octanol–water partition coefficient (Wildman–Crippen LogP) is 4.55. The maximum atomic E-state index is 12.6. The number of carbonyl (C=O) groups is 2. The standard InChI is InChI=1S/C29H28O6/c30-27(34-17-21-15-32-21)9-11-29(12-10-28(31)35-18-22-16-33-22)25-8-4-3-7-23(25)24-13-19-5-1-2-6-20(19)14-26(24)29/h1-8,13-14,21-22H,9-12,15-18H2. The summed E-state index contributed by atoms with van der Waals surface area (Å²) < 4.78 is 21.2. The van der Waals surface area contributed by atoms with Gasteiger partial charge >= 0.3 is 11.9 Å². The Balaban J connectivity index is 1.34. The molecule has 2 atom stereocenters. The Hall–Kier alpha value is -3.22. The molecule has 0 amide bonds. The Labute approximate surface area is 204 Å². The van der Waals surface area contributed by atoms with Crippen molar-refractivity contribution >= 4 is 22.7 Å². The van der Waals surface area contributed by atoms with Crippen molar-refractivity contribution in [2.45, 2.75) is 43.3 Å². The number of epoxide rings is 2. The molecule has 3 aliphatic rings. The third kappa shape index (κ3) is 4.56. The Morgan fingerprint density at radius 2 is 1.29 bits per heavy atom. The van der Waals surface area contributed by atoms with Crippen LogP contribution in [-0.4, -0.2) is 50.6 Å². The number of benzene rings is 3. The number of ether oxygens (including phenoxy) is 4. The molecule has 6 heteroatoms. The van der Waals surface area contributed by atoms with Gasteiger partial charge in [0.25, 0.3) is 0 Å². The third-order valence-corrected chi connectivity index (χ3v) is 7.31. The average molecular weight is 473 g/mol. The SMILES string of the molecule is O=C(CCC1(CCC(=O)OCC2CO2)c2ccccc2-c2cc3ccccc3cc21)OCC1CO1. The highest BCUT2D eigenvalue weighted by Crippen LogP contribution is 2.54. The van der Waals surface area contributed by atoms with Crippen LogP contribution in [0.4, 0.5) is 0 Å². The molecule has 180 valence electrons. The molecule has 3 aromatic rings. The second-order valence-corrected chi connectivity index (χ2v) is 9.65. The summed E-state index contributed by atoms with van der Waals surface area (Å²) in [6.07, 6.45) is 1.71. The number of fused-ring (bicyclic) bond motifs is 4. The van der Waals surface area contributed by atoms with Gasteiger partial charge in [0, 0.05) is 18.3 Å². The zero-order valence-corrected chi connectivity index (χ0v) is 19.5. The van der Waals surface area contributed by atoms with Crippen molar-refractivity contribution in [1.82, 2.24) is 0 Å². The van der Waals surface area contributed by atoms with Gasteiger partial charge < -0.3 is 18.9 Å². The lowest BCUT2D eigenvalue weighted by atomic mass is 9.71. The molecule has 0 aromatic heterocycles. The molecule has 2 unspecified atom stereocenters. The van der Waals surface area contributed by atoms with Crippen LogP contribution in [0.25, 0.3) is 21.9 Å². The summed E-state index contributed by atoms with van der Waals surface area (Å²) in [5.41, 5.74) is 4.16. The van der Waals surface area contributed by atoms with Crippen molar-refractivity contribution in [2.24, 2.45) is 0 Å². The van der Waals surface area contributed by atoms with E-state index in [1.165, 1.54) is 10.9 Å². The minimum absolute atomic E-state index is 0.0393. The van der Waals surface area contributed by atoms with Crippen LogP contribution in [0.2, 0.25) is 0 Å². The van der Waals surface area contributed by atoms with E-state index in [9.17, 15) is 9.59 Å². The molecule has 6 rings (SSSR count). The van der Waals surface area contributed by atoms with Crippen LogP contribution < -0.4 is 0 Å². The summed E-state index contributed by atoms with van der Waals surface area (Å²) in [6.45, 7) is 1.91. The highest BCUT2D eigenvalue weighted by molar-refractivity contribution is 5.93. The first-order chi connectivity index (χ1) is 17.1. The van der Waals surface area contributed by atoms with Crippen LogP contribution in [-0.2, 0) is 34.0 Å². The summed E-state index contributed by atoms with van der Waals surface area (Å²) in [5, 5.41) is 2.31. The number of esters is 2. The number of hydrogen-bond donors (Lipinski definition) is 0. The van der Waals surface area contributed by atoms with E-state index >= 15 is 0 Å². The lowest BCUT2D eigenvalue weighted by Gasteiger charge is -2.32. The lowest BCUT2D eigenvalue weighted by Crippen LogP contribution is -2.28. The van der Waals surface area contributed by atoms with Crippen LogP contribution >= 0.6 is 0 Å². The van der Waals surface area contributed by atoms with Crippen molar-refractivity contribution in [3.05, 3.63) is 71.8 Å². The summed E-state index contributed by atoms with van der Waals surface area (Å²) in [6, 6.07) is 21.1. The minimum Gasteiger partial charge on any atom is -0.463 e. The van der Waals surface area contributed by atoms with Gasteiger partial charge in [0.05, 0.1) is 13.2 Å². The molecular formula is C29H28O6. The van der Waals surface area contributed by atoms with E-state index in [0.717, 1.165) is 22.1 Å². The largest absolute Gasteiger partial charge is 0.463 e. The molecule has 1 aliphatic carbocycles. The first-order valence-corrected chi connectivity index (χ1v) is 12.3. The maximum absolute atomic E-state index is 12.6. The molecule has 0 N–H and O–H groups in total. The van der Waals surface area contributed by atoms with Gasteiger partial charge in [0.2, 0.25) is 0 Å². The van der Waals surface area contributed by atoms with Gasteiger partial charge in [-0.25, -0.2) is 0 Å². The fourth-order valence-corrected chi connectivity index (χ4v) is 5.28. The van der Waals surface area contributed by atoms with E-state index in [1.54, 1.807) is 0 Å². The van der Waals surface area contributed by atoms with Gasteiger partial charge in [-0.3, -0.25) is 9.59 Å². The zero-order chi connectivity index (χ0) is 23.8. The summed E-state index contributed by atoms with van der Waals surface area (Å²) in [7, 11) is 0. The van der Waals surface area contributed by atoms with Crippen molar-refractivity contribution in [1.29, 1.82) is 0 Å². The van der Waals surface area contributed by atoms with E-state index in [2.05, 4.69) is 36.4 Å². The molecular weight excluding hydrogens is 444 g/mol. The lowest BCUT2D eigenvalue weighted by molar-refractivity contribution is -0.144. The normalized spacial score (nSPS) is 23.4. The van der Waals surface area contributed by atoms with Crippen molar-refractivity contribution in [3.8, 4) is 11.1 Å². The van der Waals surface area contributed by atoms with Gasteiger partial charge in [-0.1, -0.05) is 48.5 Å². The number of carbonyl (C=O) groups excluding carboxylic acids is 2. The van der Waals surface area contributed by atoms with Crippen molar-refractivity contribution < 1.29 is 28.5 Å². The molecule has 0 bridgehead atoms. The maximum Gasteiger partial charge on any atom is 0.305 e. The van der Waals surface area contributed by atoms with Gasteiger partial charge in [-0.05, 0) is 58.0 Å². The number of hydrogen-bond acceptors (Lipinski definition) is 6. The van der Waals surface area contributed by atoms with E-state index in [0.29, 0.717) is 39.3 Å². The highest BCUT2D eigenvalue weighted by atomic mass is 16.6. The van der Waals surface area contributed by atoms with E-state index < -0.39 is 5.41 Å². The summed E-state index contributed by atoms with van der Waals surface area (Å²) in [5.74, 6) is -0.472. The zero-order valence-electron chi connectivity index (χ0n) is 19.5. The predicted molar refractivity (Wildman–Crippen MR) is 130 cm³/mol. The molecule has 3 aromatic carbocycles. The molecule has 2 saturated heterocycles. The van der Waals surface area contributed by atoms with E-state index in [-0.39, 0.29) is 37.0 Å². The average Bonchev–Trinajstić information content (AvgIpc) is 3.82. The van der Waals surface area contributed by atoms with Crippen LogP contribution in [0.1, 0.15) is 36.8 Å². The van der Waals surface area contributed by atoms with Crippen LogP contribution in [0.3, 0.4) is 0 Å². The van der Waals surface area contributed by atoms with Crippen LogP contribution in [0, 0.1) is 0 Å². The third-order valence-electron chi connectivity index (χ3n) is 7.31. The van der Waals surface area contributed by atoms with Crippen molar-refractivity contribution in [3.63, 3.8) is 0 Å². The molecule has 35 heavy (non-hydrogen) atoms. The van der Waals surface area contributed by atoms with E-state index in [4.69, 9.17) is 18.9 Å². The monoisotopic (exact) mass is 472 g/mol. The Bertz CT molecular complexity index is 1240. The van der Waals surface area contributed by atoms with Crippen molar-refractivity contribution in [2.75, 3.05) is 26.4 Å². The summed E-state index contributed by atoms with van der Waals surface area (Å²) >= 11 is 0. The fourth-order valence-electron chi connectivity index (χ4n) is 5.28.